The Kier molecular flexibility index (Phi) is 6.82. The number of aryl methyl sites for hydroxylation is 1. The van der Waals surface area contributed by atoms with E-state index >= 15 is 0 Å². The summed E-state index contributed by atoms with van der Waals surface area (Å²) in [5, 5.41) is 11.3. The van der Waals surface area contributed by atoms with Crippen LogP contribution in [-0.4, -0.2) is 29.2 Å². The van der Waals surface area contributed by atoms with E-state index in [0.717, 1.165) is 30.5 Å². The van der Waals surface area contributed by atoms with Crippen molar-refractivity contribution < 1.29 is 4.52 Å². The zero-order valence-corrected chi connectivity index (χ0v) is 16.0. The second-order valence-electron chi connectivity index (χ2n) is 6.75. The Hall–Kier alpha value is -2.08. The topological polar surface area (TPSA) is 75.3 Å². The van der Waals surface area contributed by atoms with Crippen LogP contribution in [0.2, 0.25) is 5.02 Å². The van der Waals surface area contributed by atoms with Gasteiger partial charge < -0.3 is 15.2 Å². The second kappa shape index (κ2) is 8.85. The number of guanidine groups is 1. The van der Waals surface area contributed by atoms with Gasteiger partial charge in [0.1, 0.15) is 6.54 Å². The summed E-state index contributed by atoms with van der Waals surface area (Å²) < 4.78 is 4.97. The largest absolute Gasteiger partial charge is 0.357 e. The van der Waals surface area contributed by atoms with E-state index in [1.54, 1.807) is 6.92 Å². The maximum atomic E-state index is 6.08. The second-order valence-corrected chi connectivity index (χ2v) is 7.19. The lowest BCUT2D eigenvalue weighted by molar-refractivity contribution is 0.359. The van der Waals surface area contributed by atoms with Crippen LogP contribution >= 0.6 is 11.6 Å². The number of hydrogen-bond donors (Lipinski definition) is 2. The highest BCUT2D eigenvalue weighted by atomic mass is 35.5. The van der Waals surface area contributed by atoms with Crippen LogP contribution in [0.25, 0.3) is 0 Å². The van der Waals surface area contributed by atoms with Crippen molar-refractivity contribution in [2.75, 3.05) is 13.1 Å². The van der Waals surface area contributed by atoms with Gasteiger partial charge in [0, 0.05) is 25.0 Å². The number of hydrogen-bond acceptors (Lipinski definition) is 4. The molecule has 0 fully saturated rings. The molecular formula is C18H26ClN5O. The molecule has 2 rings (SSSR count). The van der Waals surface area contributed by atoms with Gasteiger partial charge in [0.2, 0.25) is 5.89 Å². The number of aliphatic imine (C=N–C) groups is 1. The minimum Gasteiger partial charge on any atom is -0.357 e. The minimum atomic E-state index is 0.0452. The van der Waals surface area contributed by atoms with E-state index in [-0.39, 0.29) is 5.41 Å². The van der Waals surface area contributed by atoms with Crippen molar-refractivity contribution in [1.82, 2.24) is 20.8 Å². The predicted molar refractivity (Wildman–Crippen MR) is 101 cm³/mol. The first-order valence-electron chi connectivity index (χ1n) is 8.44. The van der Waals surface area contributed by atoms with E-state index in [0.29, 0.717) is 18.3 Å². The van der Waals surface area contributed by atoms with Gasteiger partial charge in [-0.2, -0.15) is 4.98 Å². The van der Waals surface area contributed by atoms with Crippen LogP contribution in [0.1, 0.15) is 38.0 Å². The van der Waals surface area contributed by atoms with Gasteiger partial charge in [0.15, 0.2) is 11.8 Å². The van der Waals surface area contributed by atoms with Crippen molar-refractivity contribution >= 4 is 17.6 Å². The third kappa shape index (κ3) is 6.74. The Morgan fingerprint density at radius 1 is 1.32 bits per heavy atom. The van der Waals surface area contributed by atoms with Crippen LogP contribution in [0.15, 0.2) is 33.8 Å². The summed E-state index contributed by atoms with van der Waals surface area (Å²) in [6.45, 7) is 10.2. The highest BCUT2D eigenvalue weighted by Crippen LogP contribution is 2.22. The number of nitrogens with one attached hydrogen (secondary N) is 2. The molecule has 0 radical (unpaired) electrons. The molecule has 0 aliphatic rings. The quantitative estimate of drug-likeness (QED) is 0.582. The number of nitrogens with zero attached hydrogens (tertiary/aromatic N) is 3. The van der Waals surface area contributed by atoms with Crippen LogP contribution in [0.3, 0.4) is 0 Å². The lowest BCUT2D eigenvalue weighted by Gasteiger charge is -2.26. The Morgan fingerprint density at radius 3 is 2.76 bits per heavy atom. The average Bonchev–Trinajstić information content (AvgIpc) is 2.95. The lowest BCUT2D eigenvalue weighted by atomic mass is 9.86. The van der Waals surface area contributed by atoms with E-state index in [2.05, 4.69) is 45.7 Å². The first-order valence-corrected chi connectivity index (χ1v) is 8.81. The van der Waals surface area contributed by atoms with Gasteiger partial charge in [-0.25, -0.2) is 4.99 Å². The highest BCUT2D eigenvalue weighted by molar-refractivity contribution is 6.30. The standard InChI is InChI=1S/C18H26ClN5O/c1-5-20-17(21-11-16-23-13(2)25-24-16)22-12-18(3,4)10-14-7-6-8-15(19)9-14/h6-9H,5,10-12H2,1-4H3,(H2,20,21,22). The zero-order valence-electron chi connectivity index (χ0n) is 15.3. The summed E-state index contributed by atoms with van der Waals surface area (Å²) in [5.74, 6) is 1.86. The number of benzene rings is 1. The van der Waals surface area contributed by atoms with Crippen molar-refractivity contribution in [1.29, 1.82) is 0 Å². The summed E-state index contributed by atoms with van der Waals surface area (Å²) in [5.41, 5.74) is 1.27. The van der Waals surface area contributed by atoms with Crippen LogP contribution in [0, 0.1) is 12.3 Å². The van der Waals surface area contributed by atoms with Crippen molar-refractivity contribution in [3.05, 3.63) is 46.6 Å². The van der Waals surface area contributed by atoms with Gasteiger partial charge in [-0.05, 0) is 36.5 Å². The van der Waals surface area contributed by atoms with E-state index in [4.69, 9.17) is 16.1 Å². The lowest BCUT2D eigenvalue weighted by Crippen LogP contribution is -2.42. The Balaban J connectivity index is 1.94. The molecule has 0 saturated carbocycles. The van der Waals surface area contributed by atoms with Gasteiger partial charge in [0.25, 0.3) is 0 Å². The van der Waals surface area contributed by atoms with E-state index in [9.17, 15) is 0 Å². The molecule has 0 atom stereocenters. The van der Waals surface area contributed by atoms with Gasteiger partial charge >= 0.3 is 0 Å². The van der Waals surface area contributed by atoms with Crippen LogP contribution in [0.4, 0.5) is 0 Å². The normalized spacial score (nSPS) is 12.3. The van der Waals surface area contributed by atoms with Gasteiger partial charge in [-0.1, -0.05) is 42.7 Å². The Bertz CT molecular complexity index is 711. The molecule has 25 heavy (non-hydrogen) atoms. The fraction of sp³-hybridized carbons (Fsp3) is 0.500. The Morgan fingerprint density at radius 2 is 2.12 bits per heavy atom. The molecule has 0 aliphatic heterocycles. The number of halogens is 1. The van der Waals surface area contributed by atoms with Gasteiger partial charge in [-0.15, -0.1) is 0 Å². The van der Waals surface area contributed by atoms with Crippen LogP contribution in [-0.2, 0) is 13.0 Å². The van der Waals surface area contributed by atoms with Crippen molar-refractivity contribution in [3.8, 4) is 0 Å². The Labute approximate surface area is 154 Å². The SMILES string of the molecule is CCNC(=NCc1noc(C)n1)NCC(C)(C)Cc1cccc(Cl)c1. The molecule has 0 saturated heterocycles. The first-order chi connectivity index (χ1) is 11.9. The fourth-order valence-electron chi connectivity index (χ4n) is 2.48. The summed E-state index contributed by atoms with van der Waals surface area (Å²) in [6.07, 6.45) is 0.921. The molecule has 1 heterocycles. The molecule has 6 nitrogen and oxygen atoms in total. The first kappa shape index (κ1) is 19.2. The fourth-order valence-corrected chi connectivity index (χ4v) is 2.69. The van der Waals surface area contributed by atoms with Gasteiger partial charge in [0.05, 0.1) is 0 Å². The van der Waals surface area contributed by atoms with Crippen LogP contribution in [0.5, 0.6) is 0 Å². The molecule has 2 aromatic rings. The summed E-state index contributed by atoms with van der Waals surface area (Å²) in [7, 11) is 0. The van der Waals surface area contributed by atoms with E-state index in [1.807, 2.05) is 25.1 Å². The monoisotopic (exact) mass is 363 g/mol. The molecule has 0 aliphatic carbocycles. The molecule has 0 spiro atoms. The molecule has 136 valence electrons. The summed E-state index contributed by atoms with van der Waals surface area (Å²) in [4.78, 5) is 8.67. The summed E-state index contributed by atoms with van der Waals surface area (Å²) >= 11 is 6.08. The predicted octanol–water partition coefficient (Wildman–Crippen LogP) is 3.36. The average molecular weight is 364 g/mol. The zero-order chi connectivity index (χ0) is 18.3. The maximum Gasteiger partial charge on any atom is 0.223 e. The third-order valence-corrected chi connectivity index (χ3v) is 3.83. The third-order valence-electron chi connectivity index (χ3n) is 3.60. The smallest absolute Gasteiger partial charge is 0.223 e. The van der Waals surface area contributed by atoms with Crippen molar-refractivity contribution in [2.24, 2.45) is 10.4 Å². The number of aromatic nitrogens is 2. The maximum absolute atomic E-state index is 6.08. The van der Waals surface area contributed by atoms with Crippen LogP contribution < -0.4 is 10.6 Å². The van der Waals surface area contributed by atoms with Crippen molar-refractivity contribution in [3.63, 3.8) is 0 Å². The van der Waals surface area contributed by atoms with Crippen molar-refractivity contribution in [2.45, 2.75) is 40.7 Å². The molecule has 0 unspecified atom stereocenters. The molecule has 7 heteroatoms. The van der Waals surface area contributed by atoms with E-state index in [1.165, 1.54) is 5.56 Å². The molecule has 0 amide bonds. The highest BCUT2D eigenvalue weighted by Gasteiger charge is 2.19. The van der Waals surface area contributed by atoms with E-state index < -0.39 is 0 Å². The molecule has 0 bridgehead atoms. The molecule has 1 aromatic heterocycles. The number of rotatable bonds is 7. The summed E-state index contributed by atoms with van der Waals surface area (Å²) in [6, 6.07) is 8.00. The molecular weight excluding hydrogens is 338 g/mol. The molecule has 2 N–H and O–H groups in total. The molecule has 1 aromatic carbocycles. The van der Waals surface area contributed by atoms with Gasteiger partial charge in [-0.3, -0.25) is 0 Å². The minimum absolute atomic E-state index is 0.0452.